The van der Waals surface area contributed by atoms with Crippen LogP contribution in [0.25, 0.3) is 0 Å². The van der Waals surface area contributed by atoms with Gasteiger partial charge in [-0.15, -0.1) is 0 Å². The summed E-state index contributed by atoms with van der Waals surface area (Å²) in [5, 5.41) is 8.61. The number of hydrogen-bond donors (Lipinski definition) is 1. The Kier molecular flexibility index (Phi) is 16.6. The van der Waals surface area contributed by atoms with E-state index in [9.17, 15) is 9.59 Å². The molecular weight excluding hydrogens is 376 g/mol. The van der Waals surface area contributed by atoms with Crippen molar-refractivity contribution in [3.05, 3.63) is 11.6 Å². The lowest BCUT2D eigenvalue weighted by molar-refractivity contribution is -0.146. The van der Waals surface area contributed by atoms with Gasteiger partial charge in [-0.25, -0.2) is 0 Å². The maximum atomic E-state index is 11.7. The summed E-state index contributed by atoms with van der Waals surface area (Å²) in [7, 11) is 0. The molecule has 1 N–H and O–H groups in total. The zero-order chi connectivity index (χ0) is 22.9. The van der Waals surface area contributed by atoms with Crippen molar-refractivity contribution >= 4 is 11.9 Å². The van der Waals surface area contributed by atoms with Gasteiger partial charge in [0.05, 0.1) is 0 Å². The van der Waals surface area contributed by atoms with Crippen LogP contribution in [0, 0.1) is 17.8 Å². The Hall–Kier alpha value is -1.32. The molecule has 3 atom stereocenters. The third-order valence-corrected chi connectivity index (χ3v) is 5.75. The minimum absolute atomic E-state index is 0.00752. The van der Waals surface area contributed by atoms with Crippen LogP contribution in [0.3, 0.4) is 0 Å². The average Bonchev–Trinajstić information content (AvgIpc) is 2.60. The number of carboxylic acids is 1. The second-order valence-corrected chi connectivity index (χ2v) is 9.81. The Morgan fingerprint density at radius 3 is 1.83 bits per heavy atom. The van der Waals surface area contributed by atoms with Gasteiger partial charge in [-0.05, 0) is 56.9 Å². The van der Waals surface area contributed by atoms with Gasteiger partial charge in [0, 0.05) is 12.8 Å². The van der Waals surface area contributed by atoms with Crippen LogP contribution in [0.4, 0.5) is 0 Å². The Bertz CT molecular complexity index is 495. The summed E-state index contributed by atoms with van der Waals surface area (Å²) in [6, 6.07) is 0. The summed E-state index contributed by atoms with van der Waals surface area (Å²) < 4.78 is 5.34. The van der Waals surface area contributed by atoms with Gasteiger partial charge in [0.25, 0.3) is 0 Å². The van der Waals surface area contributed by atoms with Crippen LogP contribution in [-0.4, -0.2) is 23.1 Å². The summed E-state index contributed by atoms with van der Waals surface area (Å²) in [6.45, 7) is 13.3. The molecule has 0 aliphatic heterocycles. The fraction of sp³-hybridized carbons (Fsp3) is 0.846. The topological polar surface area (TPSA) is 63.6 Å². The molecule has 0 spiro atoms. The zero-order valence-electron chi connectivity index (χ0n) is 20.5. The van der Waals surface area contributed by atoms with E-state index in [1.807, 2.05) is 13.0 Å². The SMILES string of the molecule is C/C(=C\C(C)OC(=O)CCCC(=O)O)CCC[C@H](C)CCC[C@H](C)CCCC(C)C. The van der Waals surface area contributed by atoms with Gasteiger partial charge in [0.2, 0.25) is 0 Å². The first-order chi connectivity index (χ1) is 14.1. The maximum Gasteiger partial charge on any atom is 0.306 e. The molecule has 0 rings (SSSR count). The third-order valence-electron chi connectivity index (χ3n) is 5.75. The van der Waals surface area contributed by atoms with E-state index < -0.39 is 5.97 Å². The third kappa shape index (κ3) is 18.7. The lowest BCUT2D eigenvalue weighted by Crippen LogP contribution is -2.13. The molecule has 30 heavy (non-hydrogen) atoms. The van der Waals surface area contributed by atoms with Crippen molar-refractivity contribution < 1.29 is 19.4 Å². The summed E-state index contributed by atoms with van der Waals surface area (Å²) in [6.07, 6.45) is 13.8. The standard InChI is InChI=1S/C26H48O4/c1-20(2)11-7-12-21(3)13-8-14-22(4)15-9-16-23(5)19-24(6)30-26(29)18-10-17-25(27)28/h19-22,24H,7-18H2,1-6H3,(H,27,28)/b23-19+/t21-,22-,24?/m1/s1. The molecule has 4 nitrogen and oxygen atoms in total. The number of aliphatic carboxylic acids is 1. The van der Waals surface area contributed by atoms with Crippen molar-refractivity contribution in [2.24, 2.45) is 17.8 Å². The summed E-state index contributed by atoms with van der Waals surface area (Å²) in [4.78, 5) is 22.2. The fourth-order valence-corrected chi connectivity index (χ4v) is 3.88. The largest absolute Gasteiger partial charge is 0.481 e. The smallest absolute Gasteiger partial charge is 0.306 e. The van der Waals surface area contributed by atoms with Crippen LogP contribution in [0.1, 0.15) is 119 Å². The van der Waals surface area contributed by atoms with Crippen LogP contribution in [0.2, 0.25) is 0 Å². The molecule has 0 aliphatic carbocycles. The molecule has 1 unspecified atom stereocenters. The number of rotatable bonds is 18. The monoisotopic (exact) mass is 424 g/mol. The van der Waals surface area contributed by atoms with E-state index >= 15 is 0 Å². The van der Waals surface area contributed by atoms with Gasteiger partial charge in [-0.1, -0.05) is 78.2 Å². The molecule has 0 aromatic heterocycles. The van der Waals surface area contributed by atoms with E-state index in [0.717, 1.165) is 24.2 Å². The van der Waals surface area contributed by atoms with Gasteiger partial charge in [-0.3, -0.25) is 9.59 Å². The molecule has 4 heteroatoms. The quantitative estimate of drug-likeness (QED) is 0.182. The number of ether oxygens (including phenoxy) is 1. The number of esters is 1. The molecule has 0 heterocycles. The van der Waals surface area contributed by atoms with E-state index in [1.165, 1.54) is 56.9 Å². The highest BCUT2D eigenvalue weighted by Gasteiger charge is 2.10. The van der Waals surface area contributed by atoms with E-state index in [-0.39, 0.29) is 24.9 Å². The van der Waals surface area contributed by atoms with Crippen molar-refractivity contribution in [1.29, 1.82) is 0 Å². The van der Waals surface area contributed by atoms with E-state index in [2.05, 4.69) is 34.6 Å². The second kappa shape index (κ2) is 17.4. The molecule has 0 radical (unpaired) electrons. The molecule has 0 aromatic rings. The van der Waals surface area contributed by atoms with Crippen molar-refractivity contribution in [3.8, 4) is 0 Å². The van der Waals surface area contributed by atoms with Crippen LogP contribution < -0.4 is 0 Å². The lowest BCUT2D eigenvalue weighted by atomic mass is 9.91. The van der Waals surface area contributed by atoms with Gasteiger partial charge in [0.15, 0.2) is 0 Å². The van der Waals surface area contributed by atoms with Crippen LogP contribution in [-0.2, 0) is 14.3 Å². The molecule has 0 aliphatic rings. The highest BCUT2D eigenvalue weighted by molar-refractivity contribution is 5.71. The molecule has 0 saturated heterocycles. The summed E-state index contributed by atoms with van der Waals surface area (Å²) in [5.74, 6) is 1.25. The molecule has 0 saturated carbocycles. The highest BCUT2D eigenvalue weighted by Crippen LogP contribution is 2.22. The van der Waals surface area contributed by atoms with Crippen molar-refractivity contribution in [1.82, 2.24) is 0 Å². The van der Waals surface area contributed by atoms with Crippen molar-refractivity contribution in [2.75, 3.05) is 0 Å². The first kappa shape index (κ1) is 28.7. The number of allylic oxidation sites excluding steroid dienone is 1. The first-order valence-electron chi connectivity index (χ1n) is 12.2. The summed E-state index contributed by atoms with van der Waals surface area (Å²) >= 11 is 0. The number of hydrogen-bond acceptors (Lipinski definition) is 3. The maximum absolute atomic E-state index is 11.7. The number of carbonyl (C=O) groups excluding carboxylic acids is 1. The summed E-state index contributed by atoms with van der Waals surface area (Å²) in [5.41, 5.74) is 1.26. The first-order valence-corrected chi connectivity index (χ1v) is 12.2. The minimum Gasteiger partial charge on any atom is -0.481 e. The Balaban J connectivity index is 3.87. The predicted octanol–water partition coefficient (Wildman–Crippen LogP) is 7.56. The molecule has 0 fully saturated rings. The normalized spacial score (nSPS) is 15.1. The Labute approximate surface area is 185 Å². The fourth-order valence-electron chi connectivity index (χ4n) is 3.88. The molecule has 0 aromatic carbocycles. The highest BCUT2D eigenvalue weighted by atomic mass is 16.5. The van der Waals surface area contributed by atoms with Crippen LogP contribution in [0.5, 0.6) is 0 Å². The Morgan fingerprint density at radius 2 is 1.30 bits per heavy atom. The Morgan fingerprint density at radius 1 is 0.767 bits per heavy atom. The second-order valence-electron chi connectivity index (χ2n) is 9.81. The predicted molar refractivity (Wildman–Crippen MR) is 126 cm³/mol. The van der Waals surface area contributed by atoms with Crippen LogP contribution in [0.15, 0.2) is 11.6 Å². The molecular formula is C26H48O4. The zero-order valence-corrected chi connectivity index (χ0v) is 20.5. The van der Waals surface area contributed by atoms with E-state index in [0.29, 0.717) is 6.42 Å². The minimum atomic E-state index is -0.878. The van der Waals surface area contributed by atoms with E-state index in [4.69, 9.17) is 9.84 Å². The van der Waals surface area contributed by atoms with Gasteiger partial charge in [-0.2, -0.15) is 0 Å². The van der Waals surface area contributed by atoms with E-state index in [1.54, 1.807) is 0 Å². The lowest BCUT2D eigenvalue weighted by Gasteiger charge is -2.15. The van der Waals surface area contributed by atoms with Gasteiger partial charge < -0.3 is 9.84 Å². The molecule has 176 valence electrons. The van der Waals surface area contributed by atoms with Crippen LogP contribution >= 0.6 is 0 Å². The average molecular weight is 425 g/mol. The number of carboxylic acid groups (broad SMARTS) is 1. The van der Waals surface area contributed by atoms with Crippen molar-refractivity contribution in [3.63, 3.8) is 0 Å². The molecule has 0 bridgehead atoms. The van der Waals surface area contributed by atoms with Gasteiger partial charge >= 0.3 is 11.9 Å². The van der Waals surface area contributed by atoms with Crippen molar-refractivity contribution in [2.45, 2.75) is 125 Å². The number of carbonyl (C=O) groups is 2. The molecule has 0 amide bonds. The van der Waals surface area contributed by atoms with Gasteiger partial charge in [0.1, 0.15) is 6.10 Å².